The van der Waals surface area contributed by atoms with Crippen LogP contribution in [0.3, 0.4) is 0 Å². The summed E-state index contributed by atoms with van der Waals surface area (Å²) in [5.41, 5.74) is 1.70. The molecule has 3 heterocycles. The van der Waals surface area contributed by atoms with Crippen molar-refractivity contribution in [3.63, 3.8) is 0 Å². The van der Waals surface area contributed by atoms with Gasteiger partial charge >= 0.3 is 5.97 Å². The van der Waals surface area contributed by atoms with Gasteiger partial charge in [0.15, 0.2) is 0 Å². The number of esters is 1. The largest absolute Gasteiger partial charge is 0.463 e. The van der Waals surface area contributed by atoms with Crippen LogP contribution in [0.15, 0.2) is 12.5 Å². The molecule has 3 rings (SSSR count). The third-order valence-corrected chi connectivity index (χ3v) is 4.19. The Morgan fingerprint density at radius 1 is 1.54 bits per heavy atom. The monoisotopic (exact) mass is 332 g/mol. The van der Waals surface area contributed by atoms with Crippen LogP contribution in [0.2, 0.25) is 0 Å². The van der Waals surface area contributed by atoms with Gasteiger partial charge in [-0.25, -0.2) is 9.97 Å². The van der Waals surface area contributed by atoms with Gasteiger partial charge in [-0.05, 0) is 18.9 Å². The SMILES string of the molecule is CNc1ncnc2c1c(C)cn2[C@@H]1O[C@H](COC(C)=O)C[C@H]1C=O. The molecule has 2 aromatic rings. The van der Waals surface area contributed by atoms with E-state index in [-0.39, 0.29) is 24.6 Å². The summed E-state index contributed by atoms with van der Waals surface area (Å²) in [4.78, 5) is 31.0. The van der Waals surface area contributed by atoms with E-state index >= 15 is 0 Å². The zero-order valence-corrected chi connectivity index (χ0v) is 13.9. The molecule has 1 N–H and O–H groups in total. The number of nitrogens with zero attached hydrogens (tertiary/aromatic N) is 3. The molecule has 0 aromatic carbocycles. The molecular weight excluding hydrogens is 312 g/mol. The Hall–Kier alpha value is -2.48. The number of fused-ring (bicyclic) bond motifs is 1. The lowest BCUT2D eigenvalue weighted by Crippen LogP contribution is -2.18. The summed E-state index contributed by atoms with van der Waals surface area (Å²) in [7, 11) is 1.80. The van der Waals surface area contributed by atoms with Gasteiger partial charge in [-0.3, -0.25) is 4.79 Å². The lowest BCUT2D eigenvalue weighted by molar-refractivity contribution is -0.146. The van der Waals surface area contributed by atoms with Crippen molar-refractivity contribution in [2.75, 3.05) is 19.0 Å². The summed E-state index contributed by atoms with van der Waals surface area (Å²) in [5, 5.41) is 3.95. The van der Waals surface area contributed by atoms with Crippen LogP contribution in [-0.2, 0) is 19.1 Å². The molecular formula is C16H20N4O4. The zero-order valence-electron chi connectivity index (χ0n) is 13.9. The Morgan fingerprint density at radius 3 is 3.00 bits per heavy atom. The van der Waals surface area contributed by atoms with Crippen LogP contribution in [0.1, 0.15) is 25.1 Å². The summed E-state index contributed by atoms with van der Waals surface area (Å²) >= 11 is 0. The minimum absolute atomic E-state index is 0.144. The fraction of sp³-hybridized carbons (Fsp3) is 0.500. The summed E-state index contributed by atoms with van der Waals surface area (Å²) < 4.78 is 12.8. The van der Waals surface area contributed by atoms with E-state index in [2.05, 4.69) is 15.3 Å². The molecule has 0 unspecified atom stereocenters. The first-order chi connectivity index (χ1) is 11.5. The van der Waals surface area contributed by atoms with E-state index in [0.29, 0.717) is 12.1 Å². The standard InChI is InChI=1S/C16H20N4O4/c1-9-5-20(15-13(9)14(17-3)18-8-19-15)16-11(6-21)4-12(24-16)7-23-10(2)22/h5-6,8,11-12,16H,4,7H2,1-3H3,(H,17,18,19)/t11-,12-,16+/m0/s1. The number of aromatic nitrogens is 3. The van der Waals surface area contributed by atoms with Gasteiger partial charge in [0.1, 0.15) is 36.9 Å². The van der Waals surface area contributed by atoms with Gasteiger partial charge in [-0.1, -0.05) is 0 Å². The molecule has 1 aliphatic heterocycles. The van der Waals surface area contributed by atoms with E-state index in [1.807, 2.05) is 17.7 Å². The Balaban J connectivity index is 1.94. The first-order valence-electron chi connectivity index (χ1n) is 7.79. The molecule has 0 saturated carbocycles. The number of carbonyl (C=O) groups excluding carboxylic acids is 2. The Kier molecular flexibility index (Phi) is 4.48. The van der Waals surface area contributed by atoms with Crippen LogP contribution in [0.25, 0.3) is 11.0 Å². The number of aryl methyl sites for hydroxylation is 1. The van der Waals surface area contributed by atoms with E-state index in [9.17, 15) is 9.59 Å². The highest BCUT2D eigenvalue weighted by molar-refractivity contribution is 5.90. The van der Waals surface area contributed by atoms with Crippen LogP contribution in [0.4, 0.5) is 5.82 Å². The van der Waals surface area contributed by atoms with Crippen molar-refractivity contribution in [3.05, 3.63) is 18.1 Å². The van der Waals surface area contributed by atoms with Crippen molar-refractivity contribution < 1.29 is 19.1 Å². The molecule has 1 aliphatic rings. The second kappa shape index (κ2) is 6.56. The third kappa shape index (κ3) is 2.84. The minimum Gasteiger partial charge on any atom is -0.463 e. The molecule has 1 saturated heterocycles. The van der Waals surface area contributed by atoms with Crippen LogP contribution < -0.4 is 5.32 Å². The van der Waals surface area contributed by atoms with E-state index in [0.717, 1.165) is 23.1 Å². The molecule has 0 bridgehead atoms. The Bertz CT molecular complexity index is 773. The second-order valence-electron chi connectivity index (χ2n) is 5.88. The molecule has 2 aromatic heterocycles. The molecule has 3 atom stereocenters. The highest BCUT2D eigenvalue weighted by atomic mass is 16.6. The highest BCUT2D eigenvalue weighted by Gasteiger charge is 2.37. The van der Waals surface area contributed by atoms with Crippen molar-refractivity contribution in [1.82, 2.24) is 14.5 Å². The van der Waals surface area contributed by atoms with Gasteiger partial charge in [0.25, 0.3) is 0 Å². The summed E-state index contributed by atoms with van der Waals surface area (Å²) in [5.74, 6) is 0.0419. The molecule has 24 heavy (non-hydrogen) atoms. The van der Waals surface area contributed by atoms with E-state index in [4.69, 9.17) is 9.47 Å². The molecule has 0 amide bonds. The highest BCUT2D eigenvalue weighted by Crippen LogP contribution is 2.37. The average molecular weight is 332 g/mol. The maximum Gasteiger partial charge on any atom is 0.302 e. The number of rotatable bonds is 5. The number of hydrogen-bond donors (Lipinski definition) is 1. The number of carbonyl (C=O) groups is 2. The van der Waals surface area contributed by atoms with Crippen LogP contribution in [0, 0.1) is 12.8 Å². The third-order valence-electron chi connectivity index (χ3n) is 4.19. The topological polar surface area (TPSA) is 95.3 Å². The first kappa shape index (κ1) is 16.4. The van der Waals surface area contributed by atoms with Crippen LogP contribution >= 0.6 is 0 Å². The molecule has 8 nitrogen and oxygen atoms in total. The van der Waals surface area contributed by atoms with Crippen molar-refractivity contribution in [2.45, 2.75) is 32.6 Å². The van der Waals surface area contributed by atoms with Gasteiger partial charge in [0.2, 0.25) is 0 Å². The lowest BCUT2D eigenvalue weighted by Gasteiger charge is -2.18. The predicted octanol–water partition coefficient (Wildman–Crippen LogP) is 1.45. The normalized spacial score (nSPS) is 23.4. The summed E-state index contributed by atoms with van der Waals surface area (Å²) in [6, 6.07) is 0. The number of ether oxygens (including phenoxy) is 2. The average Bonchev–Trinajstić information content (AvgIpc) is 3.13. The summed E-state index contributed by atoms with van der Waals surface area (Å²) in [6.07, 6.45) is 4.00. The smallest absolute Gasteiger partial charge is 0.302 e. The van der Waals surface area contributed by atoms with Crippen molar-refractivity contribution >= 4 is 29.1 Å². The number of aldehydes is 1. The number of hydrogen-bond acceptors (Lipinski definition) is 7. The van der Waals surface area contributed by atoms with Crippen molar-refractivity contribution in [3.8, 4) is 0 Å². The quantitative estimate of drug-likeness (QED) is 0.654. The van der Waals surface area contributed by atoms with E-state index in [1.54, 1.807) is 7.05 Å². The van der Waals surface area contributed by atoms with Crippen molar-refractivity contribution in [2.24, 2.45) is 5.92 Å². The van der Waals surface area contributed by atoms with Crippen molar-refractivity contribution in [1.29, 1.82) is 0 Å². The molecule has 0 aliphatic carbocycles. The fourth-order valence-corrected chi connectivity index (χ4v) is 3.14. The van der Waals surface area contributed by atoms with E-state index in [1.165, 1.54) is 13.3 Å². The molecule has 128 valence electrons. The lowest BCUT2D eigenvalue weighted by atomic mass is 10.1. The molecule has 0 spiro atoms. The minimum atomic E-state index is -0.473. The first-order valence-corrected chi connectivity index (χ1v) is 7.79. The molecule has 1 fully saturated rings. The fourth-order valence-electron chi connectivity index (χ4n) is 3.14. The predicted molar refractivity (Wildman–Crippen MR) is 86.5 cm³/mol. The van der Waals surface area contributed by atoms with Gasteiger partial charge < -0.3 is 24.2 Å². The van der Waals surface area contributed by atoms with Crippen LogP contribution in [0.5, 0.6) is 0 Å². The zero-order chi connectivity index (χ0) is 17.3. The number of anilines is 1. The summed E-state index contributed by atoms with van der Waals surface area (Å²) in [6.45, 7) is 3.46. The second-order valence-corrected chi connectivity index (χ2v) is 5.88. The van der Waals surface area contributed by atoms with Crippen LogP contribution in [-0.4, -0.2) is 46.5 Å². The molecule has 8 heteroatoms. The number of nitrogens with one attached hydrogen (secondary N) is 1. The van der Waals surface area contributed by atoms with Gasteiger partial charge in [-0.15, -0.1) is 0 Å². The van der Waals surface area contributed by atoms with E-state index < -0.39 is 6.23 Å². The maximum atomic E-state index is 11.5. The Morgan fingerprint density at radius 2 is 2.33 bits per heavy atom. The van der Waals surface area contributed by atoms with Gasteiger partial charge in [0, 0.05) is 20.2 Å². The van der Waals surface area contributed by atoms with Gasteiger partial charge in [-0.2, -0.15) is 0 Å². The Labute approximate surface area is 139 Å². The molecule has 0 radical (unpaired) electrons. The maximum absolute atomic E-state index is 11.5. The van der Waals surface area contributed by atoms with Gasteiger partial charge in [0.05, 0.1) is 17.4 Å².